The smallest absolute Gasteiger partial charge is 0.255 e. The maximum Gasteiger partial charge on any atom is 0.255 e. The van der Waals surface area contributed by atoms with Crippen LogP contribution >= 0.6 is 0 Å². The van der Waals surface area contributed by atoms with E-state index in [1.54, 1.807) is 12.3 Å². The molecule has 7 heteroatoms. The van der Waals surface area contributed by atoms with E-state index in [0.29, 0.717) is 37.1 Å². The lowest BCUT2D eigenvalue weighted by molar-refractivity contribution is -0.177. The molecule has 2 fully saturated rings. The van der Waals surface area contributed by atoms with E-state index in [9.17, 15) is 19.5 Å². The number of benzene rings is 2. The van der Waals surface area contributed by atoms with E-state index in [4.69, 9.17) is 4.74 Å². The molecular formula is C31H30N2O5. The number of ketones is 1. The first-order valence-corrected chi connectivity index (χ1v) is 13.5. The van der Waals surface area contributed by atoms with E-state index in [2.05, 4.69) is 10.3 Å². The second-order valence-electron chi connectivity index (χ2n) is 11.3. The molecule has 1 aliphatic heterocycles. The quantitative estimate of drug-likeness (QED) is 0.487. The summed E-state index contributed by atoms with van der Waals surface area (Å²) in [5.74, 6) is 0.435. The lowest BCUT2D eigenvalue weighted by atomic mass is 9.45. The molecule has 3 N–H and O–H groups in total. The molecule has 0 unspecified atom stereocenters. The molecule has 7 rings (SSSR count). The number of hydrogen-bond donors (Lipinski definition) is 3. The highest BCUT2D eigenvalue weighted by molar-refractivity contribution is 5.99. The summed E-state index contributed by atoms with van der Waals surface area (Å²) in [5, 5.41) is 15.0. The van der Waals surface area contributed by atoms with Crippen molar-refractivity contribution in [2.75, 3.05) is 6.54 Å². The first-order valence-electron chi connectivity index (χ1n) is 13.5. The van der Waals surface area contributed by atoms with E-state index >= 15 is 0 Å². The van der Waals surface area contributed by atoms with Crippen LogP contribution in [0.4, 0.5) is 0 Å². The van der Waals surface area contributed by atoms with Crippen LogP contribution in [0.5, 0.6) is 5.75 Å². The van der Waals surface area contributed by atoms with Gasteiger partial charge in [-0.2, -0.15) is 0 Å². The minimum Gasteiger partial charge on any atom is -0.480 e. The molecule has 38 heavy (non-hydrogen) atoms. The third kappa shape index (κ3) is 3.21. The van der Waals surface area contributed by atoms with Gasteiger partial charge in [0.15, 0.2) is 11.9 Å². The first kappa shape index (κ1) is 23.4. The third-order valence-corrected chi connectivity index (χ3v) is 9.46. The molecule has 2 saturated carbocycles. The second-order valence-corrected chi connectivity index (χ2v) is 11.3. The number of aliphatic hydroxyl groups is 1. The maximum absolute atomic E-state index is 13.3. The summed E-state index contributed by atoms with van der Waals surface area (Å²) in [6.07, 6.45) is 5.77. The molecular weight excluding hydrogens is 480 g/mol. The van der Waals surface area contributed by atoms with Gasteiger partial charge in [0.05, 0.1) is 16.6 Å². The molecule has 4 aliphatic rings. The number of carbonyl (C=O) groups excluding carboxylic acids is 2. The van der Waals surface area contributed by atoms with Crippen LogP contribution < -0.4 is 15.6 Å². The molecule has 194 valence electrons. The summed E-state index contributed by atoms with van der Waals surface area (Å²) in [7, 11) is 0. The largest absolute Gasteiger partial charge is 0.480 e. The molecule has 1 amide bonds. The van der Waals surface area contributed by atoms with Gasteiger partial charge in [0.25, 0.3) is 5.91 Å². The Balaban J connectivity index is 1.11. The highest BCUT2D eigenvalue weighted by Gasteiger charge is 2.71. The zero-order valence-corrected chi connectivity index (χ0v) is 21.1. The van der Waals surface area contributed by atoms with Gasteiger partial charge < -0.3 is 20.1 Å². The Morgan fingerprint density at radius 1 is 1.08 bits per heavy atom. The van der Waals surface area contributed by atoms with Crippen molar-refractivity contribution in [2.45, 2.75) is 62.1 Å². The van der Waals surface area contributed by atoms with Gasteiger partial charge in [-0.15, -0.1) is 0 Å². The Bertz CT molecular complexity index is 1530. The van der Waals surface area contributed by atoms with Crippen molar-refractivity contribution in [1.29, 1.82) is 0 Å². The molecule has 0 saturated heterocycles. The summed E-state index contributed by atoms with van der Waals surface area (Å²) in [6.45, 7) is 0.444. The predicted molar refractivity (Wildman–Crippen MR) is 141 cm³/mol. The van der Waals surface area contributed by atoms with Crippen LogP contribution in [0.25, 0.3) is 11.1 Å². The first-order chi connectivity index (χ1) is 18.4. The van der Waals surface area contributed by atoms with Gasteiger partial charge in [0.1, 0.15) is 5.75 Å². The molecule has 0 radical (unpaired) electrons. The fourth-order valence-electron chi connectivity index (χ4n) is 7.73. The molecule has 3 aromatic rings. The van der Waals surface area contributed by atoms with Crippen molar-refractivity contribution < 1.29 is 19.4 Å². The summed E-state index contributed by atoms with van der Waals surface area (Å²) < 4.78 is 6.34. The van der Waals surface area contributed by atoms with Crippen LogP contribution in [0, 0.1) is 5.92 Å². The number of hydrogen-bond acceptors (Lipinski definition) is 5. The van der Waals surface area contributed by atoms with Gasteiger partial charge in [0.2, 0.25) is 5.56 Å². The van der Waals surface area contributed by atoms with Crippen LogP contribution in [0.15, 0.2) is 59.5 Å². The topological polar surface area (TPSA) is 108 Å². The van der Waals surface area contributed by atoms with Gasteiger partial charge in [-0.1, -0.05) is 36.8 Å². The van der Waals surface area contributed by atoms with E-state index in [1.807, 2.05) is 42.5 Å². The van der Waals surface area contributed by atoms with E-state index in [1.165, 1.54) is 0 Å². The van der Waals surface area contributed by atoms with Crippen LogP contribution in [0.1, 0.15) is 59.2 Å². The number of aromatic nitrogens is 1. The highest BCUT2D eigenvalue weighted by atomic mass is 16.5. The Morgan fingerprint density at radius 3 is 2.74 bits per heavy atom. The van der Waals surface area contributed by atoms with E-state index in [-0.39, 0.29) is 23.2 Å². The van der Waals surface area contributed by atoms with Crippen molar-refractivity contribution in [2.24, 2.45) is 5.92 Å². The number of rotatable bonds is 5. The Labute approximate surface area is 220 Å². The van der Waals surface area contributed by atoms with Gasteiger partial charge in [0, 0.05) is 30.8 Å². The maximum atomic E-state index is 13.3. The standard InChI is InChI=1S/C31H30N2O5/c34-24-9-13-31(37)22-2-1-12-30(31)26-21(16-22)7-8-23(27(26)38-28(24)30)29(36)33-14-10-18-3-5-19(6-4-18)20-11-15-32-25(35)17-20/h3-8,11,15,17,22,28,37H,1-2,9-10,12-14,16H2,(H,32,35)(H,33,36)/t22-,28+,30+,31-/m1/s1. The Kier molecular flexibility index (Phi) is 5.17. The zero-order chi connectivity index (χ0) is 26.1. The molecule has 1 aromatic heterocycles. The fourth-order valence-corrected chi connectivity index (χ4v) is 7.73. The number of carbonyl (C=O) groups is 2. The molecule has 1 spiro atoms. The number of Topliss-reactive ketones (excluding diaryl/α,β-unsaturated/α-hetero) is 1. The van der Waals surface area contributed by atoms with Gasteiger partial charge >= 0.3 is 0 Å². The van der Waals surface area contributed by atoms with Crippen molar-refractivity contribution in [1.82, 2.24) is 10.3 Å². The van der Waals surface area contributed by atoms with Gasteiger partial charge in [-0.25, -0.2) is 0 Å². The van der Waals surface area contributed by atoms with Crippen LogP contribution in [0.2, 0.25) is 0 Å². The second kappa shape index (κ2) is 8.40. The summed E-state index contributed by atoms with van der Waals surface area (Å²) in [6, 6.07) is 15.2. The number of aromatic amines is 1. The summed E-state index contributed by atoms with van der Waals surface area (Å²) >= 11 is 0. The highest BCUT2D eigenvalue weighted by Crippen LogP contribution is 2.66. The SMILES string of the molecule is O=C(NCCc1ccc(-c2cc[nH]c(=O)c2)cc1)c1ccc2c3c1O[C@H]1C(=O)CC[C@@]4(O)[C@H](CCC[C@]314)C2. The van der Waals surface area contributed by atoms with Crippen molar-refractivity contribution in [3.05, 3.63) is 87.3 Å². The van der Waals surface area contributed by atoms with Crippen LogP contribution in [0.3, 0.4) is 0 Å². The van der Waals surface area contributed by atoms with Crippen molar-refractivity contribution >= 4 is 11.7 Å². The molecule has 2 aromatic carbocycles. The summed E-state index contributed by atoms with van der Waals surface area (Å²) in [5.41, 5.74) is 3.54. The zero-order valence-electron chi connectivity index (χ0n) is 21.1. The predicted octanol–water partition coefficient (Wildman–Crippen LogP) is 3.46. The normalized spacial score (nSPS) is 28.4. The summed E-state index contributed by atoms with van der Waals surface area (Å²) in [4.78, 5) is 40.6. The average molecular weight is 511 g/mol. The number of ether oxygens (including phenoxy) is 1. The van der Waals surface area contributed by atoms with E-state index in [0.717, 1.165) is 53.5 Å². The molecule has 4 atom stereocenters. The number of H-pyrrole nitrogens is 1. The molecule has 3 aliphatic carbocycles. The van der Waals surface area contributed by atoms with Crippen molar-refractivity contribution in [3.63, 3.8) is 0 Å². The Hall–Kier alpha value is -3.71. The monoisotopic (exact) mass is 510 g/mol. The van der Waals surface area contributed by atoms with Gasteiger partial charge in [-0.3, -0.25) is 14.4 Å². The van der Waals surface area contributed by atoms with Crippen LogP contribution in [-0.4, -0.2) is 40.0 Å². The molecule has 2 bridgehead atoms. The third-order valence-electron chi connectivity index (χ3n) is 9.46. The molecule has 2 heterocycles. The number of nitrogens with one attached hydrogen (secondary N) is 2. The number of pyridine rings is 1. The lowest BCUT2D eigenvalue weighted by Crippen LogP contribution is -2.69. The van der Waals surface area contributed by atoms with Crippen molar-refractivity contribution in [3.8, 4) is 16.9 Å². The molecule has 7 nitrogen and oxygen atoms in total. The Morgan fingerprint density at radius 2 is 1.92 bits per heavy atom. The minimum atomic E-state index is -0.948. The average Bonchev–Trinajstić information content (AvgIpc) is 3.26. The lowest BCUT2D eigenvalue weighted by Gasteiger charge is -2.59. The van der Waals surface area contributed by atoms with Gasteiger partial charge in [-0.05, 0) is 72.4 Å². The minimum absolute atomic E-state index is 0.0364. The number of amides is 1. The fraction of sp³-hybridized carbons (Fsp3) is 0.387. The van der Waals surface area contributed by atoms with E-state index < -0.39 is 17.1 Å². The van der Waals surface area contributed by atoms with Crippen LogP contribution in [-0.2, 0) is 23.1 Å².